The molecular formula is C19H16BrClN4O2. The van der Waals surface area contributed by atoms with Crippen LogP contribution >= 0.6 is 27.5 Å². The van der Waals surface area contributed by atoms with E-state index in [4.69, 9.17) is 16.3 Å². The average molecular weight is 448 g/mol. The molecule has 0 bridgehead atoms. The van der Waals surface area contributed by atoms with Crippen molar-refractivity contribution in [2.24, 2.45) is 5.10 Å². The van der Waals surface area contributed by atoms with Crippen LogP contribution in [0, 0.1) is 0 Å². The Bertz CT molecular complexity index is 970. The molecule has 0 saturated heterocycles. The first kappa shape index (κ1) is 19.1. The number of aromatic nitrogens is 2. The third-order valence-electron chi connectivity index (χ3n) is 3.66. The van der Waals surface area contributed by atoms with Crippen molar-refractivity contribution in [1.29, 1.82) is 0 Å². The number of rotatable bonds is 6. The summed E-state index contributed by atoms with van der Waals surface area (Å²) in [5.74, 6) is 0.310. The van der Waals surface area contributed by atoms with Gasteiger partial charge in [0.25, 0.3) is 5.91 Å². The van der Waals surface area contributed by atoms with E-state index in [-0.39, 0.29) is 5.69 Å². The SMILES string of the molecule is COc1cccc(C=NNC(=O)c2nn(Cc3ccc(Cl)cc3)cc2Br)c1. The fraction of sp³-hybridized carbons (Fsp3) is 0.105. The fourth-order valence-electron chi connectivity index (χ4n) is 2.35. The molecule has 3 rings (SSSR count). The molecule has 1 N–H and O–H groups in total. The second-order valence-electron chi connectivity index (χ2n) is 5.63. The van der Waals surface area contributed by atoms with Crippen LogP contribution in [0.5, 0.6) is 5.75 Å². The van der Waals surface area contributed by atoms with E-state index in [1.165, 1.54) is 0 Å². The first-order valence-corrected chi connectivity index (χ1v) is 9.17. The van der Waals surface area contributed by atoms with E-state index >= 15 is 0 Å². The second-order valence-corrected chi connectivity index (χ2v) is 6.92. The maximum atomic E-state index is 12.3. The van der Waals surface area contributed by atoms with Gasteiger partial charge in [0, 0.05) is 11.2 Å². The van der Waals surface area contributed by atoms with Gasteiger partial charge in [-0.2, -0.15) is 10.2 Å². The summed E-state index contributed by atoms with van der Waals surface area (Å²) in [7, 11) is 1.59. The normalized spacial score (nSPS) is 10.9. The zero-order valence-electron chi connectivity index (χ0n) is 14.4. The van der Waals surface area contributed by atoms with Crippen molar-refractivity contribution >= 4 is 39.7 Å². The van der Waals surface area contributed by atoms with Gasteiger partial charge in [0.2, 0.25) is 0 Å². The highest BCUT2D eigenvalue weighted by atomic mass is 79.9. The second kappa shape index (κ2) is 8.83. The van der Waals surface area contributed by atoms with Gasteiger partial charge < -0.3 is 4.74 Å². The number of hydrogen-bond acceptors (Lipinski definition) is 4. The lowest BCUT2D eigenvalue weighted by Gasteiger charge is -2.02. The monoisotopic (exact) mass is 446 g/mol. The van der Waals surface area contributed by atoms with E-state index in [2.05, 4.69) is 31.6 Å². The molecule has 2 aromatic carbocycles. The minimum absolute atomic E-state index is 0.256. The molecule has 0 unspecified atom stereocenters. The Labute approximate surface area is 169 Å². The molecule has 1 heterocycles. The highest BCUT2D eigenvalue weighted by Crippen LogP contribution is 2.17. The zero-order chi connectivity index (χ0) is 19.2. The van der Waals surface area contributed by atoms with Crippen LogP contribution in [0.3, 0.4) is 0 Å². The van der Waals surface area contributed by atoms with Gasteiger partial charge in [0.1, 0.15) is 5.75 Å². The van der Waals surface area contributed by atoms with E-state index in [9.17, 15) is 4.79 Å². The number of nitrogens with one attached hydrogen (secondary N) is 1. The van der Waals surface area contributed by atoms with Crippen molar-refractivity contribution in [3.63, 3.8) is 0 Å². The summed E-state index contributed by atoms with van der Waals surface area (Å²) < 4.78 is 7.41. The van der Waals surface area contributed by atoms with Gasteiger partial charge in [-0.3, -0.25) is 9.48 Å². The number of carbonyl (C=O) groups is 1. The summed E-state index contributed by atoms with van der Waals surface area (Å²) >= 11 is 9.26. The topological polar surface area (TPSA) is 68.5 Å². The predicted octanol–water partition coefficient (Wildman–Crippen LogP) is 4.12. The summed E-state index contributed by atoms with van der Waals surface area (Å²) in [5, 5.41) is 8.96. The number of amides is 1. The summed E-state index contributed by atoms with van der Waals surface area (Å²) in [6.07, 6.45) is 3.29. The first-order valence-electron chi connectivity index (χ1n) is 8.00. The highest BCUT2D eigenvalue weighted by Gasteiger charge is 2.14. The molecule has 27 heavy (non-hydrogen) atoms. The lowest BCUT2D eigenvalue weighted by Crippen LogP contribution is -2.19. The van der Waals surface area contributed by atoms with Crippen LogP contribution in [0.4, 0.5) is 0 Å². The number of benzene rings is 2. The van der Waals surface area contributed by atoms with Gasteiger partial charge in [-0.1, -0.05) is 35.9 Å². The Morgan fingerprint density at radius 2 is 2.11 bits per heavy atom. The molecule has 0 radical (unpaired) electrons. The Hall–Kier alpha value is -2.64. The largest absolute Gasteiger partial charge is 0.497 e. The van der Waals surface area contributed by atoms with Gasteiger partial charge in [-0.05, 0) is 51.3 Å². The molecule has 3 aromatic rings. The van der Waals surface area contributed by atoms with Crippen LogP contribution in [0.25, 0.3) is 0 Å². The number of nitrogens with zero attached hydrogens (tertiary/aromatic N) is 3. The molecule has 0 saturated carbocycles. The Morgan fingerprint density at radius 1 is 1.33 bits per heavy atom. The number of ether oxygens (including phenoxy) is 1. The Morgan fingerprint density at radius 3 is 2.85 bits per heavy atom. The molecule has 1 aromatic heterocycles. The molecule has 8 heteroatoms. The molecule has 0 spiro atoms. The van der Waals surface area contributed by atoms with Crippen LogP contribution in [0.15, 0.2) is 64.3 Å². The highest BCUT2D eigenvalue weighted by molar-refractivity contribution is 9.10. The third-order valence-corrected chi connectivity index (χ3v) is 4.50. The van der Waals surface area contributed by atoms with Crippen LogP contribution in [-0.4, -0.2) is 29.0 Å². The summed E-state index contributed by atoms with van der Waals surface area (Å²) in [5.41, 5.74) is 4.57. The van der Waals surface area contributed by atoms with Crippen LogP contribution in [-0.2, 0) is 6.54 Å². The van der Waals surface area contributed by atoms with Gasteiger partial charge in [0.05, 0.1) is 24.3 Å². The molecule has 0 atom stereocenters. The zero-order valence-corrected chi connectivity index (χ0v) is 16.7. The molecular weight excluding hydrogens is 432 g/mol. The first-order chi connectivity index (χ1) is 13.0. The maximum Gasteiger partial charge on any atom is 0.293 e. The van der Waals surface area contributed by atoms with Crippen molar-refractivity contribution < 1.29 is 9.53 Å². The quantitative estimate of drug-likeness (QED) is 0.456. The molecule has 1 amide bonds. The number of hydrazone groups is 1. The Kier molecular flexibility index (Phi) is 6.26. The van der Waals surface area contributed by atoms with E-state index in [1.807, 2.05) is 48.5 Å². The third kappa shape index (κ3) is 5.18. The van der Waals surface area contributed by atoms with Gasteiger partial charge in [-0.15, -0.1) is 0 Å². The van der Waals surface area contributed by atoms with Crippen molar-refractivity contribution in [1.82, 2.24) is 15.2 Å². The molecule has 0 aliphatic carbocycles. The molecule has 0 fully saturated rings. The van der Waals surface area contributed by atoms with E-state index in [0.717, 1.165) is 11.1 Å². The summed E-state index contributed by atoms with van der Waals surface area (Å²) in [4.78, 5) is 12.3. The maximum absolute atomic E-state index is 12.3. The lowest BCUT2D eigenvalue weighted by atomic mass is 10.2. The van der Waals surface area contributed by atoms with Crippen LogP contribution in [0.1, 0.15) is 21.6 Å². The van der Waals surface area contributed by atoms with Crippen molar-refractivity contribution in [3.8, 4) is 5.75 Å². The summed E-state index contributed by atoms with van der Waals surface area (Å²) in [6.45, 7) is 0.524. The van der Waals surface area contributed by atoms with Crippen LogP contribution < -0.4 is 10.2 Å². The van der Waals surface area contributed by atoms with Gasteiger partial charge in [-0.25, -0.2) is 5.43 Å². The van der Waals surface area contributed by atoms with Crippen LogP contribution in [0.2, 0.25) is 5.02 Å². The minimum atomic E-state index is -0.407. The predicted molar refractivity (Wildman–Crippen MR) is 109 cm³/mol. The van der Waals surface area contributed by atoms with Crippen molar-refractivity contribution in [2.45, 2.75) is 6.54 Å². The standard InChI is InChI=1S/C19H16BrClN4O2/c1-27-16-4-2-3-14(9-16)10-22-23-19(26)18-17(20)12-25(24-18)11-13-5-7-15(21)8-6-13/h2-10,12H,11H2,1H3,(H,23,26). The number of hydrogen-bond donors (Lipinski definition) is 1. The lowest BCUT2D eigenvalue weighted by molar-refractivity contribution is 0.0948. The minimum Gasteiger partial charge on any atom is -0.497 e. The average Bonchev–Trinajstić information content (AvgIpc) is 3.04. The van der Waals surface area contributed by atoms with Gasteiger partial charge in [0.15, 0.2) is 5.69 Å². The van der Waals surface area contributed by atoms with Crippen molar-refractivity contribution in [3.05, 3.63) is 81.0 Å². The number of halogens is 2. The summed E-state index contributed by atoms with van der Waals surface area (Å²) in [6, 6.07) is 14.8. The van der Waals surface area contributed by atoms with E-state index in [0.29, 0.717) is 21.8 Å². The Balaban J connectivity index is 1.65. The molecule has 0 aliphatic rings. The number of methoxy groups -OCH3 is 1. The molecule has 138 valence electrons. The van der Waals surface area contributed by atoms with E-state index < -0.39 is 5.91 Å². The smallest absolute Gasteiger partial charge is 0.293 e. The molecule has 0 aliphatic heterocycles. The van der Waals surface area contributed by atoms with Crippen molar-refractivity contribution in [2.75, 3.05) is 7.11 Å². The number of carbonyl (C=O) groups excluding carboxylic acids is 1. The van der Waals surface area contributed by atoms with Gasteiger partial charge >= 0.3 is 0 Å². The molecule has 6 nitrogen and oxygen atoms in total. The fourth-order valence-corrected chi connectivity index (χ4v) is 2.97. The van der Waals surface area contributed by atoms with E-state index in [1.54, 1.807) is 24.2 Å².